The van der Waals surface area contributed by atoms with Gasteiger partial charge in [0.2, 0.25) is 11.8 Å². The quantitative estimate of drug-likeness (QED) is 0.807. The fourth-order valence-corrected chi connectivity index (χ4v) is 4.26. The Bertz CT molecular complexity index is 795. The van der Waals surface area contributed by atoms with Crippen LogP contribution < -0.4 is 5.32 Å². The van der Waals surface area contributed by atoms with Gasteiger partial charge in [0.1, 0.15) is 6.54 Å². The Hall–Kier alpha value is -2.08. The number of amides is 2. The van der Waals surface area contributed by atoms with Gasteiger partial charge >= 0.3 is 0 Å². The topological polar surface area (TPSA) is 66.5 Å². The molecule has 1 unspecified atom stereocenters. The van der Waals surface area contributed by atoms with Gasteiger partial charge in [0.25, 0.3) is 0 Å². The molecule has 1 atom stereocenters. The molecule has 1 N–H and O–H groups in total. The highest BCUT2D eigenvalue weighted by Gasteiger charge is 2.31. The number of ketones is 1. The first-order valence-corrected chi connectivity index (χ1v) is 10.3. The number of fused-ring (bicyclic) bond motifs is 1. The summed E-state index contributed by atoms with van der Waals surface area (Å²) in [4.78, 5) is 38.6. The Morgan fingerprint density at radius 1 is 1.30 bits per heavy atom. The van der Waals surface area contributed by atoms with Crippen LogP contribution in [0.1, 0.15) is 50.8 Å². The van der Waals surface area contributed by atoms with Gasteiger partial charge in [0.05, 0.1) is 16.8 Å². The van der Waals surface area contributed by atoms with Gasteiger partial charge in [-0.2, -0.15) is 0 Å². The number of hydrogen-bond acceptors (Lipinski definition) is 4. The van der Waals surface area contributed by atoms with Gasteiger partial charge in [-0.15, -0.1) is 0 Å². The van der Waals surface area contributed by atoms with Crippen molar-refractivity contribution in [1.29, 1.82) is 0 Å². The number of carbonyl (C=O) groups is 3. The van der Waals surface area contributed by atoms with E-state index in [1.807, 2.05) is 32.9 Å². The summed E-state index contributed by atoms with van der Waals surface area (Å²) < 4.78 is 0. The second-order valence-electron chi connectivity index (χ2n) is 8.08. The van der Waals surface area contributed by atoms with E-state index in [9.17, 15) is 14.4 Å². The van der Waals surface area contributed by atoms with Crippen molar-refractivity contribution in [2.45, 2.75) is 46.1 Å². The smallest absolute Gasteiger partial charge is 0.240 e. The summed E-state index contributed by atoms with van der Waals surface area (Å²) in [6.07, 6.45) is 4.46. The van der Waals surface area contributed by atoms with Crippen LogP contribution >= 0.6 is 11.8 Å². The Kier molecular flexibility index (Phi) is 5.75. The average molecular weight is 387 g/mol. The molecule has 1 aromatic carbocycles. The largest absolute Gasteiger partial charge is 0.348 e. The zero-order valence-electron chi connectivity index (χ0n) is 16.1. The predicted octanol–water partition coefficient (Wildman–Crippen LogP) is 3.21. The average Bonchev–Trinajstić information content (AvgIpc) is 2.94. The summed E-state index contributed by atoms with van der Waals surface area (Å²) in [6, 6.07) is 8.16. The normalized spacial score (nSPS) is 21.3. The molecule has 0 aromatic heterocycles. The molecule has 1 heterocycles. The molecule has 1 saturated heterocycles. The highest BCUT2D eigenvalue weighted by atomic mass is 32.2. The van der Waals surface area contributed by atoms with E-state index < -0.39 is 5.41 Å². The van der Waals surface area contributed by atoms with Gasteiger partial charge in [-0.05, 0) is 30.4 Å². The first-order valence-electron chi connectivity index (χ1n) is 9.32. The van der Waals surface area contributed by atoms with E-state index in [1.165, 1.54) is 28.3 Å². The maximum Gasteiger partial charge on any atom is 0.240 e. The van der Waals surface area contributed by atoms with Gasteiger partial charge in [-0.1, -0.05) is 56.8 Å². The third kappa shape index (κ3) is 4.61. The molecule has 0 radical (unpaired) electrons. The van der Waals surface area contributed by atoms with Gasteiger partial charge < -0.3 is 5.32 Å². The molecule has 3 rings (SSSR count). The van der Waals surface area contributed by atoms with E-state index in [0.717, 1.165) is 24.8 Å². The standard InChI is InChI=1S/C21H26N2O3S/c1-21(2,3)17(24)11-20-23(19(26)13-27-20)12-18(25)22-16-10-6-8-14-7-4-5-9-15(14)16/h4-5,7,9,11,16H,6,8,10,12-13H2,1-3H3,(H,22,25)/b20-11+. The van der Waals surface area contributed by atoms with Crippen molar-refractivity contribution in [1.82, 2.24) is 10.2 Å². The second kappa shape index (κ2) is 7.89. The minimum atomic E-state index is -0.515. The van der Waals surface area contributed by atoms with Crippen molar-refractivity contribution in [2.75, 3.05) is 12.3 Å². The van der Waals surface area contributed by atoms with Crippen LogP contribution in [0, 0.1) is 5.41 Å². The van der Waals surface area contributed by atoms with Crippen molar-refractivity contribution >= 4 is 29.4 Å². The van der Waals surface area contributed by atoms with Gasteiger partial charge in [0, 0.05) is 11.5 Å². The molecule has 2 aliphatic rings. The lowest BCUT2D eigenvalue weighted by molar-refractivity contribution is -0.131. The Morgan fingerprint density at radius 3 is 2.78 bits per heavy atom. The van der Waals surface area contributed by atoms with Crippen LogP contribution in [0.2, 0.25) is 0 Å². The zero-order valence-corrected chi connectivity index (χ0v) is 16.9. The maximum absolute atomic E-state index is 12.6. The Morgan fingerprint density at radius 2 is 2.04 bits per heavy atom. The number of aryl methyl sites for hydroxylation is 1. The Labute approximate surface area is 164 Å². The molecule has 0 bridgehead atoms. The summed E-state index contributed by atoms with van der Waals surface area (Å²) in [5.41, 5.74) is 1.93. The number of hydrogen-bond donors (Lipinski definition) is 1. The summed E-state index contributed by atoms with van der Waals surface area (Å²) in [7, 11) is 0. The third-order valence-electron chi connectivity index (χ3n) is 4.91. The zero-order chi connectivity index (χ0) is 19.6. The van der Waals surface area contributed by atoms with E-state index >= 15 is 0 Å². The first kappa shape index (κ1) is 19.7. The van der Waals surface area contributed by atoms with Crippen LogP contribution in [0.25, 0.3) is 0 Å². The monoisotopic (exact) mass is 386 g/mol. The molecule has 144 valence electrons. The molecule has 1 aliphatic carbocycles. The SMILES string of the molecule is CC(C)(C)C(=O)/C=C1/SCC(=O)N1CC(=O)NC1CCCc2ccccc21. The van der Waals surface area contributed by atoms with E-state index in [-0.39, 0.29) is 35.9 Å². The van der Waals surface area contributed by atoms with E-state index in [1.54, 1.807) is 0 Å². The molecule has 1 aliphatic heterocycles. The van der Waals surface area contributed by atoms with Crippen LogP contribution in [-0.2, 0) is 20.8 Å². The van der Waals surface area contributed by atoms with Crippen LogP contribution in [0.15, 0.2) is 35.4 Å². The van der Waals surface area contributed by atoms with Gasteiger partial charge in [-0.3, -0.25) is 19.3 Å². The molecule has 5 nitrogen and oxygen atoms in total. The van der Waals surface area contributed by atoms with E-state index in [4.69, 9.17) is 0 Å². The lowest BCUT2D eigenvalue weighted by Crippen LogP contribution is -2.40. The van der Waals surface area contributed by atoms with E-state index in [2.05, 4.69) is 17.4 Å². The summed E-state index contributed by atoms with van der Waals surface area (Å²) >= 11 is 1.32. The number of carbonyl (C=O) groups excluding carboxylic acids is 3. The molecule has 27 heavy (non-hydrogen) atoms. The number of nitrogens with one attached hydrogen (secondary N) is 1. The van der Waals surface area contributed by atoms with Gasteiger partial charge in [-0.25, -0.2) is 0 Å². The fourth-order valence-electron chi connectivity index (χ4n) is 3.32. The summed E-state index contributed by atoms with van der Waals surface area (Å²) in [6.45, 7) is 5.47. The molecule has 1 aromatic rings. The molecule has 0 spiro atoms. The molecule has 1 fully saturated rings. The van der Waals surface area contributed by atoms with Crippen molar-refractivity contribution < 1.29 is 14.4 Å². The highest BCUT2D eigenvalue weighted by Crippen LogP contribution is 2.31. The minimum Gasteiger partial charge on any atom is -0.348 e. The summed E-state index contributed by atoms with van der Waals surface area (Å²) in [5, 5.41) is 3.64. The van der Waals surface area contributed by atoms with E-state index in [0.29, 0.717) is 5.03 Å². The molecule has 2 amide bonds. The van der Waals surface area contributed by atoms with Crippen LogP contribution in [-0.4, -0.2) is 34.8 Å². The maximum atomic E-state index is 12.6. The van der Waals surface area contributed by atoms with Gasteiger partial charge in [0.15, 0.2) is 5.78 Å². The van der Waals surface area contributed by atoms with Crippen molar-refractivity contribution in [3.8, 4) is 0 Å². The minimum absolute atomic E-state index is 0.0172. The van der Waals surface area contributed by atoms with Crippen LogP contribution in [0.5, 0.6) is 0 Å². The second-order valence-corrected chi connectivity index (χ2v) is 9.07. The van der Waals surface area contributed by atoms with Crippen LogP contribution in [0.3, 0.4) is 0 Å². The third-order valence-corrected chi connectivity index (χ3v) is 5.94. The molecule has 6 heteroatoms. The number of allylic oxidation sites excluding steroid dienone is 1. The van der Waals surface area contributed by atoms with Crippen LogP contribution in [0.4, 0.5) is 0 Å². The number of rotatable bonds is 4. The van der Waals surface area contributed by atoms with Crippen molar-refractivity contribution in [2.24, 2.45) is 5.41 Å². The fraction of sp³-hybridized carbons (Fsp3) is 0.476. The molecular weight excluding hydrogens is 360 g/mol. The lowest BCUT2D eigenvalue weighted by atomic mass is 9.88. The number of benzene rings is 1. The lowest BCUT2D eigenvalue weighted by Gasteiger charge is -2.27. The van der Waals surface area contributed by atoms with Crippen molar-refractivity contribution in [3.63, 3.8) is 0 Å². The number of thioether (sulfide) groups is 1. The molecular formula is C21H26N2O3S. The predicted molar refractivity (Wildman–Crippen MR) is 107 cm³/mol. The van der Waals surface area contributed by atoms with Crippen molar-refractivity contribution in [3.05, 3.63) is 46.5 Å². The highest BCUT2D eigenvalue weighted by molar-refractivity contribution is 8.04. The first-order chi connectivity index (χ1) is 12.8. The Balaban J connectivity index is 1.69. The summed E-state index contributed by atoms with van der Waals surface area (Å²) in [5.74, 6) is -0.108. The number of nitrogens with zero attached hydrogens (tertiary/aromatic N) is 1. The molecule has 0 saturated carbocycles.